The van der Waals surface area contributed by atoms with Gasteiger partial charge in [-0.2, -0.15) is 0 Å². The van der Waals surface area contributed by atoms with Crippen LogP contribution in [0.2, 0.25) is 15.1 Å². The number of halogens is 3. The molecule has 0 saturated carbocycles. The van der Waals surface area contributed by atoms with E-state index in [1.807, 2.05) is 41.8 Å². The molecule has 4 rings (SSSR count). The lowest BCUT2D eigenvalue weighted by Crippen LogP contribution is -2.29. The maximum absolute atomic E-state index is 12.6. The Hall–Kier alpha value is -2.71. The van der Waals surface area contributed by atoms with Gasteiger partial charge in [-0.25, -0.2) is 4.79 Å². The molecule has 0 saturated heterocycles. The van der Waals surface area contributed by atoms with Crippen LogP contribution in [0.15, 0.2) is 65.8 Å². The van der Waals surface area contributed by atoms with Gasteiger partial charge in [0.2, 0.25) is 0 Å². The van der Waals surface area contributed by atoms with Crippen LogP contribution >= 0.6 is 46.6 Å². The first-order valence-electron chi connectivity index (χ1n) is 10.7. The fourth-order valence-electron chi connectivity index (χ4n) is 3.41. The third kappa shape index (κ3) is 6.11. The van der Waals surface area contributed by atoms with Gasteiger partial charge < -0.3 is 10.6 Å². The fourth-order valence-corrected chi connectivity index (χ4v) is 4.97. The van der Waals surface area contributed by atoms with Crippen LogP contribution in [0.5, 0.6) is 0 Å². The summed E-state index contributed by atoms with van der Waals surface area (Å²) in [7, 11) is 0. The van der Waals surface area contributed by atoms with Crippen LogP contribution in [-0.2, 0) is 12.3 Å². The third-order valence-electron chi connectivity index (χ3n) is 5.34. The van der Waals surface area contributed by atoms with Crippen molar-refractivity contribution >= 4 is 58.3 Å². The Labute approximate surface area is 223 Å². The maximum atomic E-state index is 12.6. The Morgan fingerprint density at radius 2 is 1.77 bits per heavy atom. The summed E-state index contributed by atoms with van der Waals surface area (Å²) >= 11 is 20.1. The van der Waals surface area contributed by atoms with Crippen molar-refractivity contribution in [2.75, 3.05) is 5.32 Å². The molecule has 0 radical (unpaired) electrons. The Morgan fingerprint density at radius 1 is 0.971 bits per heavy atom. The van der Waals surface area contributed by atoms with E-state index in [-0.39, 0.29) is 11.6 Å². The predicted molar refractivity (Wildman–Crippen MR) is 144 cm³/mol. The van der Waals surface area contributed by atoms with Crippen molar-refractivity contribution in [3.63, 3.8) is 0 Å². The van der Waals surface area contributed by atoms with Crippen molar-refractivity contribution in [3.05, 3.63) is 98.2 Å². The van der Waals surface area contributed by atoms with Crippen LogP contribution in [0, 0.1) is 13.8 Å². The second-order valence-electron chi connectivity index (χ2n) is 7.79. The zero-order valence-corrected chi connectivity index (χ0v) is 22.1. The summed E-state index contributed by atoms with van der Waals surface area (Å²) in [6, 6.07) is 18.5. The number of aromatic nitrogens is 3. The predicted octanol–water partition coefficient (Wildman–Crippen LogP) is 7.46. The van der Waals surface area contributed by atoms with Gasteiger partial charge in [0.05, 0.1) is 28.0 Å². The molecule has 0 atom stereocenters. The average Bonchev–Trinajstić information content (AvgIpc) is 3.24. The van der Waals surface area contributed by atoms with E-state index in [1.54, 1.807) is 30.0 Å². The van der Waals surface area contributed by atoms with Gasteiger partial charge >= 0.3 is 6.03 Å². The summed E-state index contributed by atoms with van der Waals surface area (Å²) < 4.78 is 1.93. The second kappa shape index (κ2) is 11.4. The molecule has 0 fully saturated rings. The third-order valence-corrected chi connectivity index (χ3v) is 7.37. The number of hydrogen-bond donors (Lipinski definition) is 2. The molecule has 0 aliphatic heterocycles. The van der Waals surface area contributed by atoms with Gasteiger partial charge in [-0.3, -0.25) is 4.57 Å². The first-order valence-corrected chi connectivity index (χ1v) is 12.8. The van der Waals surface area contributed by atoms with Crippen LogP contribution in [0.3, 0.4) is 0 Å². The molecule has 180 valence electrons. The van der Waals surface area contributed by atoms with Crippen LogP contribution in [0.4, 0.5) is 10.5 Å². The average molecular weight is 547 g/mol. The highest BCUT2D eigenvalue weighted by molar-refractivity contribution is 7.98. The lowest BCUT2D eigenvalue weighted by atomic mass is 10.1. The summed E-state index contributed by atoms with van der Waals surface area (Å²) in [6.45, 7) is 4.21. The number of nitrogens with zero attached hydrogens (tertiary/aromatic N) is 3. The molecule has 35 heavy (non-hydrogen) atoms. The van der Waals surface area contributed by atoms with Crippen molar-refractivity contribution in [3.8, 4) is 5.69 Å². The van der Waals surface area contributed by atoms with Crippen molar-refractivity contribution in [1.29, 1.82) is 0 Å². The topological polar surface area (TPSA) is 71.8 Å². The number of benzene rings is 3. The van der Waals surface area contributed by atoms with E-state index in [2.05, 4.69) is 39.9 Å². The van der Waals surface area contributed by atoms with E-state index in [1.165, 1.54) is 11.1 Å². The molecular weight excluding hydrogens is 525 g/mol. The molecule has 6 nitrogen and oxygen atoms in total. The fraction of sp³-hybridized carbons (Fsp3) is 0.160. The molecule has 2 N–H and O–H groups in total. The minimum Gasteiger partial charge on any atom is -0.331 e. The normalized spacial score (nSPS) is 10.9. The lowest BCUT2D eigenvalue weighted by Gasteiger charge is -2.14. The Bertz CT molecular complexity index is 1380. The number of urea groups is 1. The molecule has 4 aromatic rings. The zero-order chi connectivity index (χ0) is 24.9. The molecule has 0 unspecified atom stereocenters. The number of rotatable bonds is 7. The number of thioether (sulfide) groups is 1. The first-order chi connectivity index (χ1) is 16.8. The highest BCUT2D eigenvalue weighted by Gasteiger charge is 2.18. The molecular formula is C25H22Cl3N5OS. The molecule has 1 aromatic heterocycles. The van der Waals surface area contributed by atoms with E-state index < -0.39 is 6.03 Å². The van der Waals surface area contributed by atoms with Crippen LogP contribution in [0.1, 0.15) is 22.5 Å². The molecule has 0 spiro atoms. The molecule has 0 aliphatic carbocycles. The van der Waals surface area contributed by atoms with Crippen LogP contribution < -0.4 is 10.6 Å². The Balaban J connectivity index is 1.58. The summed E-state index contributed by atoms with van der Waals surface area (Å²) in [4.78, 5) is 12.6. The molecule has 10 heteroatoms. The quantitative estimate of drug-likeness (QED) is 0.236. The maximum Gasteiger partial charge on any atom is 0.319 e. The SMILES string of the molecule is Cc1ccccc1CSc1nnc(CNC(=O)Nc2cccc(Cl)c2Cl)n1-c1cc(Cl)ccc1C. The van der Waals surface area contributed by atoms with E-state index in [0.29, 0.717) is 26.7 Å². The smallest absolute Gasteiger partial charge is 0.319 e. The molecule has 0 bridgehead atoms. The van der Waals surface area contributed by atoms with Crippen molar-refractivity contribution < 1.29 is 4.79 Å². The highest BCUT2D eigenvalue weighted by Crippen LogP contribution is 2.30. The van der Waals surface area contributed by atoms with E-state index in [4.69, 9.17) is 34.8 Å². The number of amides is 2. The minimum atomic E-state index is -0.444. The monoisotopic (exact) mass is 545 g/mol. The summed E-state index contributed by atoms with van der Waals surface area (Å²) in [5.41, 5.74) is 4.70. The number of carbonyl (C=O) groups excluding carboxylic acids is 1. The van der Waals surface area contributed by atoms with Gasteiger partial charge in [0.25, 0.3) is 0 Å². The number of hydrogen-bond acceptors (Lipinski definition) is 4. The first kappa shape index (κ1) is 25.4. The van der Waals surface area contributed by atoms with Crippen LogP contribution in [-0.4, -0.2) is 20.8 Å². The molecule has 1 heterocycles. The number of nitrogens with one attached hydrogen (secondary N) is 2. The standard InChI is InChI=1S/C25H22Cl3N5OS/c1-15-6-3-4-7-17(15)14-35-25-32-31-22(33(25)21-12-18(26)11-10-16(21)2)13-29-24(34)30-20-9-5-8-19(27)23(20)28/h3-12H,13-14H2,1-2H3,(H2,29,30,34). The minimum absolute atomic E-state index is 0.133. The number of anilines is 1. The largest absolute Gasteiger partial charge is 0.331 e. The van der Waals surface area contributed by atoms with Gasteiger partial charge in [0.1, 0.15) is 0 Å². The number of carbonyl (C=O) groups is 1. The Kier molecular flexibility index (Phi) is 8.23. The van der Waals surface area contributed by atoms with E-state index in [9.17, 15) is 4.79 Å². The van der Waals surface area contributed by atoms with Gasteiger partial charge in [0, 0.05) is 10.8 Å². The summed E-state index contributed by atoms with van der Waals surface area (Å²) in [5, 5.41) is 16.2. The van der Waals surface area contributed by atoms with Crippen molar-refractivity contribution in [2.24, 2.45) is 0 Å². The molecule has 0 aliphatic rings. The second-order valence-corrected chi connectivity index (χ2v) is 9.95. The van der Waals surface area contributed by atoms with E-state index >= 15 is 0 Å². The van der Waals surface area contributed by atoms with Gasteiger partial charge in [-0.15, -0.1) is 10.2 Å². The molecule has 2 amide bonds. The summed E-state index contributed by atoms with van der Waals surface area (Å²) in [6.07, 6.45) is 0. The van der Waals surface area contributed by atoms with Crippen molar-refractivity contribution in [1.82, 2.24) is 20.1 Å². The van der Waals surface area contributed by atoms with Gasteiger partial charge in [0.15, 0.2) is 11.0 Å². The van der Waals surface area contributed by atoms with Gasteiger partial charge in [-0.1, -0.05) is 83.0 Å². The lowest BCUT2D eigenvalue weighted by molar-refractivity contribution is 0.251. The van der Waals surface area contributed by atoms with Crippen molar-refractivity contribution in [2.45, 2.75) is 31.3 Å². The van der Waals surface area contributed by atoms with E-state index in [0.717, 1.165) is 17.0 Å². The molecule has 3 aromatic carbocycles. The Morgan fingerprint density at radius 3 is 2.57 bits per heavy atom. The summed E-state index contributed by atoms with van der Waals surface area (Å²) in [5.74, 6) is 1.29. The van der Waals surface area contributed by atoms with Gasteiger partial charge in [-0.05, 0) is 54.8 Å². The zero-order valence-electron chi connectivity index (χ0n) is 19.0. The highest BCUT2D eigenvalue weighted by atomic mass is 35.5. The number of aryl methyl sites for hydroxylation is 2. The van der Waals surface area contributed by atoms with Crippen LogP contribution in [0.25, 0.3) is 5.69 Å².